The Morgan fingerprint density at radius 1 is 0.852 bits per heavy atom. The summed E-state index contributed by atoms with van der Waals surface area (Å²) in [4.78, 5) is 0. The van der Waals surface area contributed by atoms with Gasteiger partial charge >= 0.3 is 0 Å². The molecule has 0 aliphatic heterocycles. The van der Waals surface area contributed by atoms with E-state index in [-0.39, 0.29) is 11.1 Å². The van der Waals surface area contributed by atoms with Crippen LogP contribution in [0.15, 0.2) is 48.5 Å². The smallest absolute Gasteiger partial charge is 0.194 e. The van der Waals surface area contributed by atoms with E-state index in [0.29, 0.717) is 0 Å². The molecule has 1 aliphatic rings. The van der Waals surface area contributed by atoms with Gasteiger partial charge in [0.05, 0.1) is 0 Å². The van der Waals surface area contributed by atoms with E-state index in [9.17, 15) is 5.11 Å². The first-order valence-electron chi connectivity index (χ1n) is 9.26. The maximum atomic E-state index is 10.5. The molecule has 0 radical (unpaired) electrons. The third-order valence-electron chi connectivity index (χ3n) is 5.40. The van der Waals surface area contributed by atoms with Crippen LogP contribution in [0, 0.1) is 23.7 Å². The van der Waals surface area contributed by atoms with Crippen LogP contribution in [0.1, 0.15) is 55.2 Å². The average molecular weight is 375 g/mol. The predicted octanol–water partition coefficient (Wildman–Crippen LogP) is 5.20. The lowest BCUT2D eigenvalue weighted by atomic mass is 9.98. The summed E-state index contributed by atoms with van der Waals surface area (Å²) in [6, 6.07) is 15.6. The summed E-state index contributed by atoms with van der Waals surface area (Å²) in [7, 11) is -2.03. The van der Waals surface area contributed by atoms with Crippen molar-refractivity contribution in [1.29, 1.82) is 0 Å². The van der Waals surface area contributed by atoms with E-state index in [0.717, 1.165) is 22.3 Å². The molecule has 1 aliphatic carbocycles. The van der Waals surface area contributed by atoms with Gasteiger partial charge in [-0.3, -0.25) is 0 Å². The van der Waals surface area contributed by atoms with Gasteiger partial charge in [0.15, 0.2) is 8.32 Å². The molecule has 2 aromatic rings. The molecule has 2 atom stereocenters. The SMILES string of the molecule is CC(C)(C)[Si](C)(C)OC1C#Cc2ccccc2[C@H](O)C#Cc2ccccc21. The fourth-order valence-corrected chi connectivity index (χ4v) is 3.83. The molecule has 0 bridgehead atoms. The Morgan fingerprint density at radius 2 is 1.37 bits per heavy atom. The quantitative estimate of drug-likeness (QED) is 0.578. The standard InChI is InChI=1S/C24H26O2Si/c1-24(2,3)27(4,5)26-23-17-15-18-10-6-8-12-20(18)22(25)16-14-19-11-7-9-13-21(19)23/h6-13,22-23,25H,1-5H3/t22-,23?/m1/s1. The van der Waals surface area contributed by atoms with Crippen LogP contribution in [-0.4, -0.2) is 13.4 Å². The van der Waals surface area contributed by atoms with Crippen LogP contribution in [-0.2, 0) is 4.43 Å². The van der Waals surface area contributed by atoms with Crippen molar-refractivity contribution < 1.29 is 9.53 Å². The molecule has 27 heavy (non-hydrogen) atoms. The van der Waals surface area contributed by atoms with Crippen LogP contribution in [0.3, 0.4) is 0 Å². The molecule has 2 aromatic carbocycles. The molecular weight excluding hydrogens is 348 g/mol. The van der Waals surface area contributed by atoms with E-state index >= 15 is 0 Å². The summed E-state index contributed by atoms with van der Waals surface area (Å²) >= 11 is 0. The van der Waals surface area contributed by atoms with Crippen molar-refractivity contribution in [3.8, 4) is 23.7 Å². The summed E-state index contributed by atoms with van der Waals surface area (Å²) in [5, 5.41) is 10.6. The Bertz CT molecular complexity index is 961. The van der Waals surface area contributed by atoms with Crippen molar-refractivity contribution in [2.75, 3.05) is 0 Å². The van der Waals surface area contributed by atoms with Crippen LogP contribution in [0.2, 0.25) is 18.1 Å². The van der Waals surface area contributed by atoms with Crippen molar-refractivity contribution >= 4 is 8.32 Å². The van der Waals surface area contributed by atoms with E-state index in [1.807, 2.05) is 48.5 Å². The van der Waals surface area contributed by atoms with Crippen molar-refractivity contribution in [3.05, 3.63) is 70.8 Å². The molecule has 0 amide bonds. The van der Waals surface area contributed by atoms with Gasteiger partial charge in [-0.25, -0.2) is 0 Å². The molecule has 2 nitrogen and oxygen atoms in total. The van der Waals surface area contributed by atoms with Gasteiger partial charge in [-0.15, -0.1) is 0 Å². The predicted molar refractivity (Wildman–Crippen MR) is 113 cm³/mol. The monoisotopic (exact) mass is 374 g/mol. The van der Waals surface area contributed by atoms with Crippen LogP contribution in [0.4, 0.5) is 0 Å². The van der Waals surface area contributed by atoms with Crippen LogP contribution in [0.5, 0.6) is 0 Å². The maximum absolute atomic E-state index is 10.5. The number of hydrogen-bond donors (Lipinski definition) is 1. The molecule has 0 saturated heterocycles. The Kier molecular flexibility index (Phi) is 5.31. The highest BCUT2D eigenvalue weighted by molar-refractivity contribution is 6.74. The summed E-state index contributed by atoms with van der Waals surface area (Å²) in [5.74, 6) is 12.7. The lowest BCUT2D eigenvalue weighted by Crippen LogP contribution is -2.41. The van der Waals surface area contributed by atoms with Crippen molar-refractivity contribution in [1.82, 2.24) is 0 Å². The molecular formula is C24H26O2Si. The Labute approximate surface area is 163 Å². The molecule has 3 heteroatoms. The minimum atomic E-state index is -2.03. The zero-order valence-corrected chi connectivity index (χ0v) is 17.6. The Hall–Kier alpha value is -2.30. The normalized spacial score (nSPS) is 18.9. The van der Waals surface area contributed by atoms with Crippen molar-refractivity contribution in [2.24, 2.45) is 0 Å². The number of benzene rings is 2. The van der Waals surface area contributed by atoms with Gasteiger partial charge in [-0.1, -0.05) is 80.9 Å². The van der Waals surface area contributed by atoms with Crippen molar-refractivity contribution in [3.63, 3.8) is 0 Å². The van der Waals surface area contributed by atoms with E-state index < -0.39 is 14.4 Å². The largest absolute Gasteiger partial charge is 0.399 e. The molecule has 1 unspecified atom stereocenters. The molecule has 0 fully saturated rings. The maximum Gasteiger partial charge on any atom is 0.194 e. The van der Waals surface area contributed by atoms with Gasteiger partial charge in [-0.2, -0.15) is 0 Å². The highest BCUT2D eigenvalue weighted by atomic mass is 28.4. The first kappa shape index (κ1) is 19.5. The zero-order valence-electron chi connectivity index (χ0n) is 16.6. The average Bonchev–Trinajstić information content (AvgIpc) is 2.62. The molecule has 138 valence electrons. The van der Waals surface area contributed by atoms with Gasteiger partial charge in [0.2, 0.25) is 0 Å². The Balaban J connectivity index is 2.16. The summed E-state index contributed by atoms with van der Waals surface area (Å²) in [6.45, 7) is 11.2. The van der Waals surface area contributed by atoms with Gasteiger partial charge < -0.3 is 9.53 Å². The number of rotatable bonds is 2. The number of aliphatic hydroxyl groups excluding tert-OH is 1. The van der Waals surface area contributed by atoms with Gasteiger partial charge in [-0.05, 0) is 30.3 Å². The van der Waals surface area contributed by atoms with E-state index in [1.165, 1.54) is 0 Å². The second-order valence-electron chi connectivity index (χ2n) is 8.37. The lowest BCUT2D eigenvalue weighted by Gasteiger charge is -2.38. The first-order chi connectivity index (χ1) is 12.7. The third-order valence-corrected chi connectivity index (χ3v) is 9.84. The van der Waals surface area contributed by atoms with Crippen LogP contribution < -0.4 is 0 Å². The van der Waals surface area contributed by atoms with E-state index in [2.05, 4.69) is 57.5 Å². The topological polar surface area (TPSA) is 29.5 Å². The van der Waals surface area contributed by atoms with Crippen LogP contribution in [0.25, 0.3) is 0 Å². The zero-order chi connectivity index (χ0) is 19.7. The minimum absolute atomic E-state index is 0.0821. The summed E-state index contributed by atoms with van der Waals surface area (Å²) in [6.07, 6.45) is -1.21. The summed E-state index contributed by atoms with van der Waals surface area (Å²) < 4.78 is 6.68. The van der Waals surface area contributed by atoms with Gasteiger partial charge in [0.25, 0.3) is 0 Å². The second kappa shape index (κ2) is 7.37. The van der Waals surface area contributed by atoms with Crippen LogP contribution >= 0.6 is 0 Å². The Morgan fingerprint density at radius 3 is 2.00 bits per heavy atom. The fourth-order valence-electron chi connectivity index (χ4n) is 2.70. The second-order valence-corrected chi connectivity index (χ2v) is 13.1. The molecule has 3 rings (SSSR count). The molecule has 0 heterocycles. The lowest BCUT2D eigenvalue weighted by molar-refractivity contribution is 0.235. The van der Waals surface area contributed by atoms with Crippen molar-refractivity contribution in [2.45, 2.75) is 51.1 Å². The van der Waals surface area contributed by atoms with Gasteiger partial charge in [0.1, 0.15) is 12.2 Å². The molecule has 1 N–H and O–H groups in total. The van der Waals surface area contributed by atoms with Gasteiger partial charge in [0, 0.05) is 22.3 Å². The third kappa shape index (κ3) is 4.17. The first-order valence-corrected chi connectivity index (χ1v) is 12.2. The summed E-state index contributed by atoms with van der Waals surface area (Å²) in [5.41, 5.74) is 3.35. The fraction of sp³-hybridized carbons (Fsp3) is 0.333. The number of fused-ring (bicyclic) bond motifs is 2. The highest BCUT2D eigenvalue weighted by Crippen LogP contribution is 2.40. The number of aliphatic hydroxyl groups is 1. The van der Waals surface area contributed by atoms with E-state index in [1.54, 1.807) is 0 Å². The molecule has 0 spiro atoms. The molecule has 0 aromatic heterocycles. The molecule has 0 saturated carbocycles. The number of hydrogen-bond acceptors (Lipinski definition) is 2. The highest BCUT2D eigenvalue weighted by Gasteiger charge is 2.39. The van der Waals surface area contributed by atoms with E-state index in [4.69, 9.17) is 4.43 Å². The minimum Gasteiger partial charge on any atom is -0.399 e.